The molecule has 0 spiro atoms. The van der Waals surface area contributed by atoms with Gasteiger partial charge in [0.25, 0.3) is 0 Å². The molecule has 0 amide bonds. The lowest BCUT2D eigenvalue weighted by Crippen LogP contribution is -2.14. The standard InChI is InChI=1S/C49H35N3/c1-49(2)43-23-9-8-19-41(43)45-39(21-12-24-44(45)49)34-16-10-17-36(29-34)48-51-46(32-13-4-3-5-14-32)50-47(52-48)33-27-25-31(26-28-33)37-20-11-22-40-38-18-7-6-15-35(38)30-42(37)40/h3-29H,30H2,1-2H3. The van der Waals surface area contributed by atoms with E-state index in [0.29, 0.717) is 17.5 Å². The van der Waals surface area contributed by atoms with Crippen LogP contribution in [0.1, 0.15) is 36.1 Å². The summed E-state index contributed by atoms with van der Waals surface area (Å²) < 4.78 is 0. The second-order valence-electron chi connectivity index (χ2n) is 14.4. The van der Waals surface area contributed by atoms with Crippen molar-refractivity contribution < 1.29 is 0 Å². The van der Waals surface area contributed by atoms with Crippen molar-refractivity contribution in [2.75, 3.05) is 0 Å². The van der Waals surface area contributed by atoms with Gasteiger partial charge in [0.05, 0.1) is 0 Å². The molecule has 0 aliphatic heterocycles. The third-order valence-corrected chi connectivity index (χ3v) is 11.0. The van der Waals surface area contributed by atoms with Crippen LogP contribution < -0.4 is 0 Å². The lowest BCUT2D eigenvalue weighted by Gasteiger charge is -2.21. The topological polar surface area (TPSA) is 38.7 Å². The predicted molar refractivity (Wildman–Crippen MR) is 213 cm³/mol. The van der Waals surface area contributed by atoms with E-state index in [9.17, 15) is 0 Å². The highest BCUT2D eigenvalue weighted by atomic mass is 15.0. The number of rotatable bonds is 5. The number of aromatic nitrogens is 3. The third kappa shape index (κ3) is 4.85. The van der Waals surface area contributed by atoms with Crippen LogP contribution in [0, 0.1) is 0 Å². The van der Waals surface area contributed by atoms with Gasteiger partial charge in [-0.15, -0.1) is 0 Å². The van der Waals surface area contributed by atoms with Crippen LogP contribution in [0.15, 0.2) is 164 Å². The highest BCUT2D eigenvalue weighted by Gasteiger charge is 2.36. The van der Waals surface area contributed by atoms with Gasteiger partial charge in [0.15, 0.2) is 17.5 Å². The molecule has 1 aromatic heterocycles. The molecular formula is C49H35N3. The summed E-state index contributed by atoms with van der Waals surface area (Å²) >= 11 is 0. The van der Waals surface area contributed by atoms with Crippen molar-refractivity contribution in [2.45, 2.75) is 25.7 Å². The van der Waals surface area contributed by atoms with Crippen molar-refractivity contribution in [3.63, 3.8) is 0 Å². The number of hydrogen-bond acceptors (Lipinski definition) is 3. The molecule has 3 heteroatoms. The molecule has 10 rings (SSSR count). The fourth-order valence-electron chi connectivity index (χ4n) is 8.40. The van der Waals surface area contributed by atoms with Gasteiger partial charge in [-0.05, 0) is 79.2 Å². The summed E-state index contributed by atoms with van der Waals surface area (Å²) in [6, 6.07) is 58.5. The Balaban J connectivity index is 1.06. The summed E-state index contributed by atoms with van der Waals surface area (Å²) in [7, 11) is 0. The zero-order valence-corrected chi connectivity index (χ0v) is 29.1. The van der Waals surface area contributed by atoms with Crippen LogP contribution >= 0.6 is 0 Å². The molecule has 0 fully saturated rings. The second kappa shape index (κ2) is 11.8. The quantitative estimate of drug-likeness (QED) is 0.184. The highest BCUT2D eigenvalue weighted by Crippen LogP contribution is 2.52. The Morgan fingerprint density at radius 1 is 0.385 bits per heavy atom. The lowest BCUT2D eigenvalue weighted by molar-refractivity contribution is 0.660. The zero-order chi connectivity index (χ0) is 34.8. The molecule has 2 aliphatic carbocycles. The Bertz CT molecular complexity index is 2670. The van der Waals surface area contributed by atoms with Crippen molar-refractivity contribution in [1.29, 1.82) is 0 Å². The first-order chi connectivity index (χ1) is 25.5. The van der Waals surface area contributed by atoms with E-state index in [0.717, 1.165) is 28.7 Å². The molecule has 0 saturated heterocycles. The summed E-state index contributed by atoms with van der Waals surface area (Å²) in [5, 5.41) is 0. The summed E-state index contributed by atoms with van der Waals surface area (Å²) in [5.41, 5.74) is 18.5. The zero-order valence-electron chi connectivity index (χ0n) is 29.1. The van der Waals surface area contributed by atoms with Gasteiger partial charge in [-0.25, -0.2) is 15.0 Å². The van der Waals surface area contributed by atoms with E-state index in [1.165, 1.54) is 61.2 Å². The average molecular weight is 666 g/mol. The minimum absolute atomic E-state index is 0.0612. The molecule has 1 heterocycles. The number of benzene rings is 7. The highest BCUT2D eigenvalue weighted by molar-refractivity contribution is 5.93. The van der Waals surface area contributed by atoms with Gasteiger partial charge >= 0.3 is 0 Å². The Kier molecular flexibility index (Phi) is 6.91. The van der Waals surface area contributed by atoms with E-state index in [1.54, 1.807) is 0 Å². The van der Waals surface area contributed by atoms with Gasteiger partial charge in [-0.2, -0.15) is 0 Å². The van der Waals surface area contributed by atoms with Crippen molar-refractivity contribution in [3.05, 3.63) is 186 Å². The minimum Gasteiger partial charge on any atom is -0.208 e. The van der Waals surface area contributed by atoms with Crippen molar-refractivity contribution in [1.82, 2.24) is 15.0 Å². The Labute approximate surface area is 304 Å². The minimum atomic E-state index is -0.0612. The Hall–Kier alpha value is -6.45. The largest absolute Gasteiger partial charge is 0.208 e. The number of hydrogen-bond donors (Lipinski definition) is 0. The smallest absolute Gasteiger partial charge is 0.164 e. The first kappa shape index (κ1) is 30.4. The van der Waals surface area contributed by atoms with Crippen LogP contribution in [0.4, 0.5) is 0 Å². The molecule has 8 aromatic rings. The number of fused-ring (bicyclic) bond motifs is 6. The van der Waals surface area contributed by atoms with E-state index >= 15 is 0 Å². The monoisotopic (exact) mass is 665 g/mol. The average Bonchev–Trinajstić information content (AvgIpc) is 3.70. The molecule has 0 atom stereocenters. The van der Waals surface area contributed by atoms with E-state index in [2.05, 4.69) is 159 Å². The van der Waals surface area contributed by atoms with E-state index < -0.39 is 0 Å². The maximum absolute atomic E-state index is 5.13. The van der Waals surface area contributed by atoms with E-state index in [1.807, 2.05) is 18.2 Å². The molecule has 0 unspecified atom stereocenters. The molecule has 52 heavy (non-hydrogen) atoms. The first-order valence-electron chi connectivity index (χ1n) is 18.0. The van der Waals surface area contributed by atoms with Crippen molar-refractivity contribution >= 4 is 0 Å². The van der Waals surface area contributed by atoms with Crippen molar-refractivity contribution in [3.8, 4) is 78.7 Å². The van der Waals surface area contributed by atoms with Gasteiger partial charge in [-0.3, -0.25) is 0 Å². The fourth-order valence-corrected chi connectivity index (χ4v) is 8.40. The molecule has 246 valence electrons. The number of nitrogens with zero attached hydrogens (tertiary/aromatic N) is 3. The molecule has 0 N–H and O–H groups in total. The van der Waals surface area contributed by atoms with Gasteiger partial charge < -0.3 is 0 Å². The molecule has 3 nitrogen and oxygen atoms in total. The van der Waals surface area contributed by atoms with Crippen molar-refractivity contribution in [2.24, 2.45) is 0 Å². The van der Waals surface area contributed by atoms with E-state index in [4.69, 9.17) is 15.0 Å². The summed E-state index contributed by atoms with van der Waals surface area (Å²) in [5.74, 6) is 1.97. The van der Waals surface area contributed by atoms with Crippen LogP contribution in [-0.4, -0.2) is 15.0 Å². The van der Waals surface area contributed by atoms with Gasteiger partial charge in [0.2, 0.25) is 0 Å². The summed E-state index contributed by atoms with van der Waals surface area (Å²) in [4.78, 5) is 15.2. The van der Waals surface area contributed by atoms with Gasteiger partial charge in [0, 0.05) is 22.1 Å². The maximum atomic E-state index is 5.13. The second-order valence-corrected chi connectivity index (χ2v) is 14.4. The Morgan fingerprint density at radius 2 is 0.904 bits per heavy atom. The van der Waals surface area contributed by atoms with Gasteiger partial charge in [-0.1, -0.05) is 172 Å². The van der Waals surface area contributed by atoms with Crippen LogP contribution in [0.2, 0.25) is 0 Å². The third-order valence-electron chi connectivity index (χ3n) is 11.0. The maximum Gasteiger partial charge on any atom is 0.164 e. The normalized spacial score (nSPS) is 13.3. The van der Waals surface area contributed by atoms with Gasteiger partial charge in [0.1, 0.15) is 0 Å². The molecule has 0 bridgehead atoms. The fraction of sp³-hybridized carbons (Fsp3) is 0.0816. The molecule has 2 aliphatic rings. The van der Waals surface area contributed by atoms with Crippen LogP contribution in [0.5, 0.6) is 0 Å². The summed E-state index contributed by atoms with van der Waals surface area (Å²) in [6.45, 7) is 4.65. The van der Waals surface area contributed by atoms with Crippen LogP contribution in [0.25, 0.3) is 78.7 Å². The molecule has 7 aromatic carbocycles. The SMILES string of the molecule is CC1(C)c2ccccc2-c2c(-c3cccc(-c4nc(-c5ccccc5)nc(-c5ccc(-c6cccc7c6Cc6ccccc6-7)cc5)n4)c3)cccc21. The molecule has 0 saturated carbocycles. The predicted octanol–water partition coefficient (Wildman–Crippen LogP) is 12.1. The van der Waals surface area contributed by atoms with E-state index in [-0.39, 0.29) is 5.41 Å². The molecule has 0 radical (unpaired) electrons. The molecular weight excluding hydrogens is 631 g/mol. The first-order valence-corrected chi connectivity index (χ1v) is 18.0. The lowest BCUT2D eigenvalue weighted by atomic mass is 9.82. The Morgan fingerprint density at radius 3 is 1.71 bits per heavy atom. The van der Waals surface area contributed by atoms with Crippen LogP contribution in [-0.2, 0) is 11.8 Å². The summed E-state index contributed by atoms with van der Waals surface area (Å²) in [6.07, 6.45) is 0.954. The van der Waals surface area contributed by atoms with Crippen LogP contribution in [0.3, 0.4) is 0 Å².